The van der Waals surface area contributed by atoms with Crippen molar-refractivity contribution >= 4 is 26.9 Å². The van der Waals surface area contributed by atoms with E-state index in [1.807, 2.05) is 48.5 Å². The second kappa shape index (κ2) is 13.5. The number of benzene rings is 2. The van der Waals surface area contributed by atoms with Crippen LogP contribution in [-0.2, 0) is 13.9 Å². The quantitative estimate of drug-likeness (QED) is 0.517. The Kier molecular flexibility index (Phi) is 12.8. The summed E-state index contributed by atoms with van der Waals surface area (Å²) in [5, 5.41) is 16.6. The van der Waals surface area contributed by atoms with E-state index in [-0.39, 0.29) is 0 Å². The molecular weight excluding hydrogens is 462 g/mol. The summed E-state index contributed by atoms with van der Waals surface area (Å²) in [5.41, 5.74) is 1.43. The molecule has 0 heterocycles. The van der Waals surface area contributed by atoms with E-state index in [0.717, 1.165) is 0 Å². The van der Waals surface area contributed by atoms with Crippen LogP contribution in [0.2, 0.25) is 0 Å². The van der Waals surface area contributed by atoms with Crippen LogP contribution in [0.5, 0.6) is 0 Å². The predicted molar refractivity (Wildman–Crippen MR) is 80.2 cm³/mol. The third-order valence-corrected chi connectivity index (χ3v) is 1.81. The Morgan fingerprint density at radius 1 is 0.684 bits per heavy atom. The summed E-state index contributed by atoms with van der Waals surface area (Å²) in [4.78, 5) is 0. The molecule has 5 heteroatoms. The second-order valence-electron chi connectivity index (χ2n) is 3.00. The van der Waals surface area contributed by atoms with Crippen LogP contribution < -0.4 is 0 Å². The van der Waals surface area contributed by atoms with Crippen molar-refractivity contribution in [2.24, 2.45) is 0 Å². The minimum absolute atomic E-state index is 0.575. The van der Waals surface area contributed by atoms with Gasteiger partial charge < -0.3 is 0 Å². The topological polar surface area (TPSA) is 47.6 Å². The normalized spacial score (nSPS) is 7.79. The SMILES string of the molecule is N#Cc1ccccc1.N#Cc1ccccc1.[Br][Pd][Br]. The molecule has 0 saturated heterocycles. The number of hydrogen-bond donors (Lipinski definition) is 0. The summed E-state index contributed by atoms with van der Waals surface area (Å²) in [6, 6.07) is 22.3. The van der Waals surface area contributed by atoms with Crippen molar-refractivity contribution in [3.8, 4) is 12.1 Å². The van der Waals surface area contributed by atoms with Gasteiger partial charge in [-0.15, -0.1) is 0 Å². The van der Waals surface area contributed by atoms with Gasteiger partial charge in [0.25, 0.3) is 0 Å². The Labute approximate surface area is 134 Å². The molecule has 2 rings (SSSR count). The van der Waals surface area contributed by atoms with Crippen LogP contribution in [0.4, 0.5) is 0 Å². The Bertz CT molecular complexity index is 469. The Morgan fingerprint density at radius 3 is 1.11 bits per heavy atom. The number of rotatable bonds is 0. The molecule has 0 unspecified atom stereocenters. The van der Waals surface area contributed by atoms with Crippen LogP contribution in [0.1, 0.15) is 11.1 Å². The molecule has 0 fully saturated rings. The Hall–Kier alpha value is -0.958. The van der Waals surface area contributed by atoms with Gasteiger partial charge in [0.05, 0.1) is 23.3 Å². The molecule has 100 valence electrons. The molecule has 2 aromatic carbocycles. The van der Waals surface area contributed by atoms with E-state index in [2.05, 4.69) is 26.9 Å². The third kappa shape index (κ3) is 10.6. The molecule has 2 aromatic rings. The maximum atomic E-state index is 8.29. The third-order valence-electron chi connectivity index (χ3n) is 1.81. The van der Waals surface area contributed by atoms with E-state index in [1.54, 1.807) is 24.3 Å². The molecule has 2 nitrogen and oxygen atoms in total. The van der Waals surface area contributed by atoms with E-state index in [9.17, 15) is 0 Å². The van der Waals surface area contributed by atoms with E-state index in [0.29, 0.717) is 25.1 Å². The van der Waals surface area contributed by atoms with Gasteiger partial charge in [0.1, 0.15) is 0 Å². The van der Waals surface area contributed by atoms with E-state index < -0.39 is 0 Å². The summed E-state index contributed by atoms with van der Waals surface area (Å²) < 4.78 is 0. The molecule has 0 aromatic heterocycles. The van der Waals surface area contributed by atoms with E-state index in [4.69, 9.17) is 10.5 Å². The zero-order valence-corrected chi connectivity index (χ0v) is 14.5. The fourth-order valence-electron chi connectivity index (χ4n) is 1.03. The fraction of sp³-hybridized carbons (Fsp3) is 0. The average molecular weight is 472 g/mol. The van der Waals surface area contributed by atoms with Gasteiger partial charge in [0.2, 0.25) is 0 Å². The van der Waals surface area contributed by atoms with Crippen molar-refractivity contribution in [1.29, 1.82) is 10.5 Å². The summed E-state index contributed by atoms with van der Waals surface area (Å²) in [6.45, 7) is 0. The number of nitrogens with zero attached hydrogens (tertiary/aromatic N) is 2. The van der Waals surface area contributed by atoms with Crippen LogP contribution >= 0.6 is 26.9 Å². The average Bonchev–Trinajstić information content (AvgIpc) is 2.50. The summed E-state index contributed by atoms with van der Waals surface area (Å²) in [7, 11) is 0. The summed E-state index contributed by atoms with van der Waals surface area (Å²) in [6.07, 6.45) is 0. The van der Waals surface area contributed by atoms with Crippen molar-refractivity contribution in [3.63, 3.8) is 0 Å². The van der Waals surface area contributed by atoms with Crippen molar-refractivity contribution in [3.05, 3.63) is 71.8 Å². The first kappa shape index (κ1) is 18.0. The van der Waals surface area contributed by atoms with Crippen molar-refractivity contribution in [2.75, 3.05) is 0 Å². The van der Waals surface area contributed by atoms with Crippen LogP contribution in [-0.4, -0.2) is 0 Å². The molecule has 0 aliphatic carbocycles. The molecule has 0 saturated carbocycles. The van der Waals surface area contributed by atoms with E-state index >= 15 is 0 Å². The molecule has 0 aliphatic rings. The standard InChI is InChI=1S/2C7H5N.2BrH.Pd/c2*8-6-7-4-2-1-3-5-7;;;/h2*1-5H;2*1H;/q;;;;+2/p-2. The Balaban J connectivity index is 0.000000284. The van der Waals surface area contributed by atoms with Crippen LogP contribution in [0.25, 0.3) is 0 Å². The first-order valence-corrected chi connectivity index (χ1v) is 12.1. The van der Waals surface area contributed by atoms with Crippen LogP contribution in [0.15, 0.2) is 60.7 Å². The van der Waals surface area contributed by atoms with Crippen molar-refractivity contribution in [1.82, 2.24) is 0 Å². The molecule has 0 atom stereocenters. The minimum atomic E-state index is 0.575. The van der Waals surface area contributed by atoms with Gasteiger partial charge in [0.15, 0.2) is 0 Å². The fourth-order valence-corrected chi connectivity index (χ4v) is 1.03. The molecule has 0 radical (unpaired) electrons. The van der Waals surface area contributed by atoms with Gasteiger partial charge in [-0.3, -0.25) is 0 Å². The first-order valence-electron chi connectivity index (χ1n) is 5.01. The van der Waals surface area contributed by atoms with Gasteiger partial charge in [0, 0.05) is 0 Å². The maximum absolute atomic E-state index is 8.29. The molecular formula is C14H10Br2N2Pd. The van der Waals surface area contributed by atoms with Crippen LogP contribution in [0, 0.1) is 22.7 Å². The summed E-state index contributed by atoms with van der Waals surface area (Å²) in [5.74, 6) is 0. The van der Waals surface area contributed by atoms with Gasteiger partial charge in [-0.25, -0.2) is 0 Å². The molecule has 0 aliphatic heterocycles. The van der Waals surface area contributed by atoms with E-state index in [1.165, 1.54) is 0 Å². The van der Waals surface area contributed by atoms with Gasteiger partial charge >= 0.3 is 40.8 Å². The van der Waals surface area contributed by atoms with Crippen molar-refractivity contribution < 1.29 is 13.9 Å². The van der Waals surface area contributed by atoms with Crippen LogP contribution in [0.3, 0.4) is 0 Å². The molecule has 19 heavy (non-hydrogen) atoms. The van der Waals surface area contributed by atoms with Crippen molar-refractivity contribution in [2.45, 2.75) is 0 Å². The summed E-state index contributed by atoms with van der Waals surface area (Å²) >= 11 is 6.80. The number of nitriles is 2. The van der Waals surface area contributed by atoms with Gasteiger partial charge in [-0.1, -0.05) is 36.4 Å². The zero-order valence-electron chi connectivity index (χ0n) is 9.74. The monoisotopic (exact) mass is 470 g/mol. The number of halogens is 2. The number of hydrogen-bond acceptors (Lipinski definition) is 2. The molecule has 0 amide bonds. The molecule has 0 N–H and O–H groups in total. The Morgan fingerprint density at radius 2 is 0.947 bits per heavy atom. The second-order valence-corrected chi connectivity index (χ2v) is 10.2. The first-order chi connectivity index (χ1) is 9.28. The molecule has 0 bridgehead atoms. The zero-order chi connectivity index (χ0) is 14.3. The van der Waals surface area contributed by atoms with Gasteiger partial charge in [-0.2, -0.15) is 10.5 Å². The predicted octanol–water partition coefficient (Wildman–Crippen LogP) is 4.81. The van der Waals surface area contributed by atoms with Gasteiger partial charge in [-0.05, 0) is 24.3 Å². The molecule has 0 spiro atoms.